The number of aliphatic hydroxyl groups is 1. The highest BCUT2D eigenvalue weighted by atomic mass is 35.5. The van der Waals surface area contributed by atoms with E-state index >= 15 is 0 Å². The molecule has 9 heteroatoms. The molecule has 5 rings (SSSR count). The fourth-order valence-electron chi connectivity index (χ4n) is 6.51. The lowest BCUT2D eigenvalue weighted by Gasteiger charge is -2.39. The Morgan fingerprint density at radius 2 is 1.92 bits per heavy atom. The van der Waals surface area contributed by atoms with E-state index in [2.05, 4.69) is 17.6 Å². The van der Waals surface area contributed by atoms with Crippen LogP contribution in [-0.2, 0) is 20.9 Å². The molecule has 2 bridgehead atoms. The van der Waals surface area contributed by atoms with Crippen molar-refractivity contribution < 1.29 is 19.5 Å². The number of amides is 3. The van der Waals surface area contributed by atoms with Crippen LogP contribution in [0.4, 0.5) is 5.69 Å². The van der Waals surface area contributed by atoms with Gasteiger partial charge < -0.3 is 20.6 Å². The van der Waals surface area contributed by atoms with Crippen LogP contribution in [0.3, 0.4) is 0 Å². The average molecular weight is 542 g/mol. The number of aliphatic hydroxyl groups excluding tert-OH is 1. The van der Waals surface area contributed by atoms with E-state index < -0.39 is 28.7 Å². The van der Waals surface area contributed by atoms with E-state index in [-0.39, 0.29) is 35.5 Å². The number of hydrogen-bond acceptors (Lipinski definition) is 5. The molecule has 2 aromatic carbocycles. The molecule has 3 N–H and O–H groups in total. The summed E-state index contributed by atoms with van der Waals surface area (Å²) in [6.07, 6.45) is 0.744. The first-order valence-electron chi connectivity index (χ1n) is 12.7. The molecule has 0 aromatic heterocycles. The van der Waals surface area contributed by atoms with Gasteiger partial charge in [0.25, 0.3) is 0 Å². The Balaban J connectivity index is 1.49. The molecule has 0 radical (unpaired) electrons. The van der Waals surface area contributed by atoms with E-state index in [0.29, 0.717) is 17.3 Å². The van der Waals surface area contributed by atoms with Crippen molar-refractivity contribution in [3.05, 3.63) is 64.7 Å². The zero-order valence-electron chi connectivity index (χ0n) is 21.1. The lowest BCUT2D eigenvalue weighted by atomic mass is 9.66. The first kappa shape index (κ1) is 26.1. The summed E-state index contributed by atoms with van der Waals surface area (Å²) >= 11 is 8.02. The number of benzene rings is 2. The van der Waals surface area contributed by atoms with Gasteiger partial charge in [0.2, 0.25) is 17.7 Å². The van der Waals surface area contributed by atoms with Crippen molar-refractivity contribution in [2.24, 2.45) is 17.8 Å². The Hall–Kier alpha value is -2.55. The molecule has 7 atom stereocenters. The summed E-state index contributed by atoms with van der Waals surface area (Å²) in [5, 5.41) is 16.4. The number of anilines is 1. The van der Waals surface area contributed by atoms with Gasteiger partial charge >= 0.3 is 0 Å². The summed E-state index contributed by atoms with van der Waals surface area (Å²) in [7, 11) is 0. The zero-order chi connectivity index (χ0) is 26.5. The van der Waals surface area contributed by atoms with Gasteiger partial charge in [0, 0.05) is 11.8 Å². The summed E-state index contributed by atoms with van der Waals surface area (Å²) < 4.78 is -0.765. The van der Waals surface area contributed by atoms with Gasteiger partial charge in [-0.3, -0.25) is 14.4 Å². The third-order valence-corrected chi connectivity index (χ3v) is 10.6. The Morgan fingerprint density at radius 3 is 2.59 bits per heavy atom. The molecule has 1 spiro atoms. The second-order valence-electron chi connectivity index (χ2n) is 10.5. The Kier molecular flexibility index (Phi) is 7.02. The number of nitrogens with one attached hydrogen (secondary N) is 2. The topological polar surface area (TPSA) is 98.7 Å². The second-order valence-corrected chi connectivity index (χ2v) is 12.4. The van der Waals surface area contributed by atoms with Gasteiger partial charge in [-0.25, -0.2) is 0 Å². The minimum atomic E-state index is -0.834. The summed E-state index contributed by atoms with van der Waals surface area (Å²) in [6, 6.07) is 13.6. The van der Waals surface area contributed by atoms with E-state index in [1.54, 1.807) is 24.8 Å². The third kappa shape index (κ3) is 4.14. The molecule has 37 heavy (non-hydrogen) atoms. The van der Waals surface area contributed by atoms with Crippen LogP contribution in [0.5, 0.6) is 0 Å². The highest BCUT2D eigenvalue weighted by molar-refractivity contribution is 8.02. The quantitative estimate of drug-likeness (QED) is 0.497. The number of hydrogen-bond donors (Lipinski definition) is 3. The number of thioether (sulfide) groups is 1. The number of para-hydroxylation sites is 1. The van der Waals surface area contributed by atoms with Crippen LogP contribution < -0.4 is 10.6 Å². The number of nitrogens with zero attached hydrogens (tertiary/aromatic N) is 1. The molecule has 2 aromatic rings. The molecular formula is C28H32ClN3O4S. The van der Waals surface area contributed by atoms with E-state index in [0.717, 1.165) is 17.5 Å². The predicted molar refractivity (Wildman–Crippen MR) is 145 cm³/mol. The van der Waals surface area contributed by atoms with Crippen LogP contribution in [0, 0.1) is 24.7 Å². The van der Waals surface area contributed by atoms with E-state index in [1.165, 1.54) is 4.90 Å². The first-order valence-corrected chi connectivity index (χ1v) is 13.9. The van der Waals surface area contributed by atoms with Gasteiger partial charge in [-0.15, -0.1) is 11.8 Å². The minimum Gasteiger partial charge on any atom is -0.394 e. The number of fused-ring (bicyclic) bond motifs is 1. The van der Waals surface area contributed by atoms with Crippen LogP contribution in [0.15, 0.2) is 48.5 Å². The average Bonchev–Trinajstić information content (AvgIpc) is 3.48. The Bertz CT molecular complexity index is 1210. The van der Waals surface area contributed by atoms with Crippen LogP contribution >= 0.6 is 23.4 Å². The molecule has 0 aliphatic carbocycles. The number of rotatable bonds is 7. The predicted octanol–water partition coefficient (Wildman–Crippen LogP) is 3.62. The molecule has 3 aliphatic heterocycles. The molecule has 3 fully saturated rings. The maximum atomic E-state index is 14.0. The number of likely N-dealkylation sites (tertiary alicyclic amines) is 1. The molecular weight excluding hydrogens is 510 g/mol. The standard InChI is InChI=1S/C28H32ClN3O4S/c1-15-8-7-11-19(29)23(15)31-26(35)24-28-16(2)12-20(37-28)21(22(28)27(36)32(24)17(3)14-33)25(34)30-13-18-9-5-4-6-10-18/h4-11,16-17,20-22,24,33H,12-14H2,1-3H3,(H,30,34)(H,31,35)/t16?,17-,20-,21+,22+,24?,28?/m1/s1. The van der Waals surface area contributed by atoms with Gasteiger partial charge in [-0.2, -0.15) is 0 Å². The van der Waals surface area contributed by atoms with Gasteiger partial charge in [0.1, 0.15) is 6.04 Å². The van der Waals surface area contributed by atoms with Crippen molar-refractivity contribution in [1.82, 2.24) is 10.2 Å². The first-order chi connectivity index (χ1) is 17.7. The van der Waals surface area contributed by atoms with Crippen molar-refractivity contribution in [3.63, 3.8) is 0 Å². The lowest BCUT2D eigenvalue weighted by Crippen LogP contribution is -2.56. The monoisotopic (exact) mass is 541 g/mol. The van der Waals surface area contributed by atoms with Gasteiger partial charge in [0.05, 0.1) is 39.9 Å². The van der Waals surface area contributed by atoms with E-state index in [1.807, 2.05) is 49.4 Å². The maximum Gasteiger partial charge on any atom is 0.248 e. The minimum absolute atomic E-state index is 0.0357. The van der Waals surface area contributed by atoms with Crippen LogP contribution in [0.25, 0.3) is 0 Å². The van der Waals surface area contributed by atoms with Crippen LogP contribution in [-0.4, -0.2) is 56.4 Å². The van der Waals surface area contributed by atoms with E-state index in [4.69, 9.17) is 11.6 Å². The maximum absolute atomic E-state index is 14.0. The number of halogens is 1. The zero-order valence-corrected chi connectivity index (χ0v) is 22.7. The summed E-state index contributed by atoms with van der Waals surface area (Å²) in [5.41, 5.74) is 2.31. The van der Waals surface area contributed by atoms with Crippen LogP contribution in [0.2, 0.25) is 5.02 Å². The summed E-state index contributed by atoms with van der Waals surface area (Å²) in [6.45, 7) is 5.77. The summed E-state index contributed by atoms with van der Waals surface area (Å²) in [4.78, 5) is 43.1. The van der Waals surface area contributed by atoms with Crippen molar-refractivity contribution in [2.45, 2.75) is 55.8 Å². The highest BCUT2D eigenvalue weighted by Gasteiger charge is 2.76. The highest BCUT2D eigenvalue weighted by Crippen LogP contribution is 2.68. The smallest absolute Gasteiger partial charge is 0.248 e. The fourth-order valence-corrected chi connectivity index (χ4v) is 9.18. The van der Waals surface area contributed by atoms with Gasteiger partial charge in [0.15, 0.2) is 0 Å². The van der Waals surface area contributed by atoms with Gasteiger partial charge in [-0.1, -0.05) is 61.0 Å². The lowest BCUT2D eigenvalue weighted by molar-refractivity contribution is -0.141. The second kappa shape index (κ2) is 9.97. The van der Waals surface area contributed by atoms with Crippen molar-refractivity contribution in [2.75, 3.05) is 11.9 Å². The molecule has 3 heterocycles. The van der Waals surface area contributed by atoms with E-state index in [9.17, 15) is 19.5 Å². The molecule has 0 saturated carbocycles. The number of carbonyl (C=O) groups excluding carboxylic acids is 3. The van der Waals surface area contributed by atoms with Crippen molar-refractivity contribution in [3.8, 4) is 0 Å². The molecule has 7 nitrogen and oxygen atoms in total. The summed E-state index contributed by atoms with van der Waals surface area (Å²) in [5.74, 6) is -1.87. The van der Waals surface area contributed by atoms with Crippen molar-refractivity contribution >= 4 is 46.8 Å². The molecule has 196 valence electrons. The third-order valence-electron chi connectivity index (χ3n) is 8.25. The number of carbonyl (C=O) groups is 3. The molecule has 3 unspecified atom stereocenters. The molecule has 3 aliphatic rings. The van der Waals surface area contributed by atoms with Gasteiger partial charge in [-0.05, 0) is 43.4 Å². The Labute approximate surface area is 226 Å². The largest absolute Gasteiger partial charge is 0.394 e. The normalized spacial score (nSPS) is 30.8. The Morgan fingerprint density at radius 1 is 1.19 bits per heavy atom. The number of aryl methyl sites for hydroxylation is 1. The SMILES string of the molecule is Cc1cccc(Cl)c1NC(=O)C1N([C@H](C)CO)C(=O)[C@@H]2[C@@H](C(=O)NCc3ccccc3)[C@H]3CC(C)C12S3. The molecule has 3 saturated heterocycles. The van der Waals surface area contributed by atoms with Crippen LogP contribution in [0.1, 0.15) is 31.4 Å². The fraction of sp³-hybridized carbons (Fsp3) is 0.464. The van der Waals surface area contributed by atoms with Crippen molar-refractivity contribution in [1.29, 1.82) is 0 Å². The molecule has 3 amide bonds.